The van der Waals surface area contributed by atoms with E-state index in [4.69, 9.17) is 0 Å². The first-order valence-electron chi connectivity index (χ1n) is 7.19. The quantitative estimate of drug-likeness (QED) is 0.673. The average molecular weight is 263 g/mol. The van der Waals surface area contributed by atoms with E-state index in [-0.39, 0.29) is 5.91 Å². The second kappa shape index (κ2) is 9.36. The number of hydrogen-bond donors (Lipinski definition) is 2. The number of carbonyl (C=O) groups excluding carboxylic acids is 1. The van der Waals surface area contributed by atoms with Crippen LogP contribution in [-0.4, -0.2) is 24.5 Å². The molecule has 0 spiro atoms. The van der Waals surface area contributed by atoms with E-state index in [1.165, 1.54) is 32.1 Å². The van der Waals surface area contributed by atoms with E-state index in [1.54, 1.807) is 25.5 Å². The standard InChI is InChI=1S/C15H25N3O/c1-3-4-5-6-7-8-10-18-15(19)13-12-17-11-9-14(13)16-2/h9,11-12H,3-8,10H2,1-2H3,(H,16,17)(H,18,19). The molecule has 0 saturated heterocycles. The highest BCUT2D eigenvalue weighted by Crippen LogP contribution is 2.12. The predicted molar refractivity (Wildman–Crippen MR) is 79.5 cm³/mol. The van der Waals surface area contributed by atoms with Crippen molar-refractivity contribution >= 4 is 11.6 Å². The first-order chi connectivity index (χ1) is 9.29. The maximum Gasteiger partial charge on any atom is 0.254 e. The Bertz CT molecular complexity index is 379. The van der Waals surface area contributed by atoms with Crippen LogP contribution in [0.4, 0.5) is 5.69 Å². The average Bonchev–Trinajstić information content (AvgIpc) is 2.46. The molecule has 1 rings (SSSR count). The van der Waals surface area contributed by atoms with Gasteiger partial charge in [0.15, 0.2) is 0 Å². The van der Waals surface area contributed by atoms with Gasteiger partial charge in [0.05, 0.1) is 5.56 Å². The predicted octanol–water partition coefficient (Wildman–Crippen LogP) is 3.21. The Kier molecular flexibility index (Phi) is 7.63. The van der Waals surface area contributed by atoms with E-state index in [0.717, 1.165) is 18.7 Å². The van der Waals surface area contributed by atoms with Gasteiger partial charge in [0.1, 0.15) is 0 Å². The van der Waals surface area contributed by atoms with Gasteiger partial charge in [-0.15, -0.1) is 0 Å². The van der Waals surface area contributed by atoms with Gasteiger partial charge in [-0.3, -0.25) is 9.78 Å². The molecular weight excluding hydrogens is 238 g/mol. The number of nitrogens with one attached hydrogen (secondary N) is 2. The zero-order valence-corrected chi connectivity index (χ0v) is 12.0. The fourth-order valence-electron chi connectivity index (χ4n) is 2.00. The lowest BCUT2D eigenvalue weighted by atomic mass is 10.1. The summed E-state index contributed by atoms with van der Waals surface area (Å²) in [7, 11) is 1.81. The molecule has 1 amide bonds. The molecule has 0 saturated carbocycles. The van der Waals surface area contributed by atoms with Crippen LogP contribution >= 0.6 is 0 Å². The van der Waals surface area contributed by atoms with Gasteiger partial charge in [-0.25, -0.2) is 0 Å². The highest BCUT2D eigenvalue weighted by atomic mass is 16.1. The molecule has 0 aliphatic carbocycles. The van der Waals surface area contributed by atoms with Gasteiger partial charge < -0.3 is 10.6 Å². The van der Waals surface area contributed by atoms with Crippen molar-refractivity contribution in [1.29, 1.82) is 0 Å². The van der Waals surface area contributed by atoms with Crippen LogP contribution in [0.2, 0.25) is 0 Å². The second-order valence-corrected chi connectivity index (χ2v) is 4.69. The molecule has 0 atom stereocenters. The zero-order valence-electron chi connectivity index (χ0n) is 12.0. The first-order valence-corrected chi connectivity index (χ1v) is 7.19. The third-order valence-corrected chi connectivity index (χ3v) is 3.15. The number of aromatic nitrogens is 1. The van der Waals surface area contributed by atoms with E-state index in [2.05, 4.69) is 22.5 Å². The van der Waals surface area contributed by atoms with Gasteiger partial charge in [-0.2, -0.15) is 0 Å². The summed E-state index contributed by atoms with van der Waals surface area (Å²) in [5, 5.41) is 5.95. The molecule has 0 aromatic carbocycles. The lowest BCUT2D eigenvalue weighted by Gasteiger charge is -2.09. The van der Waals surface area contributed by atoms with Gasteiger partial charge in [0, 0.05) is 31.7 Å². The van der Waals surface area contributed by atoms with E-state index in [9.17, 15) is 4.79 Å². The van der Waals surface area contributed by atoms with E-state index in [1.807, 2.05) is 0 Å². The van der Waals surface area contributed by atoms with E-state index < -0.39 is 0 Å². The molecule has 1 heterocycles. The van der Waals surface area contributed by atoms with Gasteiger partial charge in [0.2, 0.25) is 0 Å². The molecule has 1 aromatic rings. The summed E-state index contributed by atoms with van der Waals surface area (Å²) < 4.78 is 0. The Morgan fingerprint density at radius 2 is 1.95 bits per heavy atom. The minimum atomic E-state index is -0.0500. The van der Waals surface area contributed by atoms with Crippen LogP contribution in [0.3, 0.4) is 0 Å². The third-order valence-electron chi connectivity index (χ3n) is 3.15. The second-order valence-electron chi connectivity index (χ2n) is 4.69. The van der Waals surface area contributed by atoms with Crippen molar-refractivity contribution in [3.05, 3.63) is 24.0 Å². The van der Waals surface area contributed by atoms with E-state index in [0.29, 0.717) is 5.56 Å². The van der Waals surface area contributed by atoms with E-state index >= 15 is 0 Å². The SMILES string of the molecule is CCCCCCCCNC(=O)c1cnccc1NC. The van der Waals surface area contributed by atoms with Gasteiger partial charge in [0.25, 0.3) is 5.91 Å². The van der Waals surface area contributed by atoms with Crippen molar-refractivity contribution in [3.63, 3.8) is 0 Å². The number of pyridine rings is 1. The third kappa shape index (κ3) is 5.73. The maximum absolute atomic E-state index is 12.0. The van der Waals surface area contributed by atoms with Crippen LogP contribution in [0.1, 0.15) is 55.8 Å². The van der Waals surface area contributed by atoms with Gasteiger partial charge in [-0.1, -0.05) is 39.0 Å². The molecule has 4 nitrogen and oxygen atoms in total. The van der Waals surface area contributed by atoms with Crippen LogP contribution in [0.5, 0.6) is 0 Å². The Morgan fingerprint density at radius 3 is 2.68 bits per heavy atom. The number of rotatable bonds is 9. The van der Waals surface area contributed by atoms with Crippen molar-refractivity contribution in [1.82, 2.24) is 10.3 Å². The maximum atomic E-state index is 12.0. The topological polar surface area (TPSA) is 54.0 Å². The summed E-state index contributed by atoms with van der Waals surface area (Å²) in [6.07, 6.45) is 10.7. The number of nitrogens with zero attached hydrogens (tertiary/aromatic N) is 1. The molecule has 0 unspecified atom stereocenters. The Balaban J connectivity index is 2.24. The molecule has 0 fully saturated rings. The summed E-state index contributed by atoms with van der Waals surface area (Å²) in [5.41, 5.74) is 1.42. The molecule has 4 heteroatoms. The fourth-order valence-corrected chi connectivity index (χ4v) is 2.00. The largest absolute Gasteiger partial charge is 0.387 e. The summed E-state index contributed by atoms with van der Waals surface area (Å²) in [4.78, 5) is 16.0. The normalized spacial score (nSPS) is 10.2. The molecular formula is C15H25N3O. The Labute approximate surface area is 116 Å². The summed E-state index contributed by atoms with van der Waals surface area (Å²) in [5.74, 6) is -0.0500. The number of anilines is 1. The van der Waals surface area contributed by atoms with Crippen molar-refractivity contribution in [2.75, 3.05) is 18.9 Å². The van der Waals surface area contributed by atoms with Gasteiger partial charge in [-0.05, 0) is 12.5 Å². The molecule has 2 N–H and O–H groups in total. The van der Waals surface area contributed by atoms with Crippen LogP contribution in [0.15, 0.2) is 18.5 Å². The molecule has 0 aliphatic rings. The zero-order chi connectivity index (χ0) is 13.9. The molecule has 1 aromatic heterocycles. The number of carbonyl (C=O) groups is 1. The number of hydrogen-bond acceptors (Lipinski definition) is 3. The summed E-state index contributed by atoms with van der Waals surface area (Å²) in [6.45, 7) is 2.95. The lowest BCUT2D eigenvalue weighted by molar-refractivity contribution is 0.0953. The molecule has 0 aliphatic heterocycles. The monoisotopic (exact) mass is 263 g/mol. The molecule has 106 valence electrons. The van der Waals surface area contributed by atoms with Crippen molar-refractivity contribution < 1.29 is 4.79 Å². The van der Waals surface area contributed by atoms with Crippen molar-refractivity contribution in [2.24, 2.45) is 0 Å². The summed E-state index contributed by atoms with van der Waals surface area (Å²) in [6, 6.07) is 1.81. The molecule has 0 radical (unpaired) electrons. The first kappa shape index (κ1) is 15.5. The number of amides is 1. The highest BCUT2D eigenvalue weighted by Gasteiger charge is 2.09. The highest BCUT2D eigenvalue weighted by molar-refractivity contribution is 5.99. The van der Waals surface area contributed by atoms with Crippen LogP contribution < -0.4 is 10.6 Å². The minimum absolute atomic E-state index is 0.0500. The van der Waals surface area contributed by atoms with Crippen LogP contribution in [-0.2, 0) is 0 Å². The Morgan fingerprint density at radius 1 is 1.21 bits per heavy atom. The van der Waals surface area contributed by atoms with Crippen molar-refractivity contribution in [2.45, 2.75) is 45.4 Å². The smallest absolute Gasteiger partial charge is 0.254 e. The van der Waals surface area contributed by atoms with Crippen LogP contribution in [0, 0.1) is 0 Å². The summed E-state index contributed by atoms with van der Waals surface area (Å²) >= 11 is 0. The lowest BCUT2D eigenvalue weighted by Crippen LogP contribution is -2.25. The minimum Gasteiger partial charge on any atom is -0.387 e. The van der Waals surface area contributed by atoms with Crippen molar-refractivity contribution in [3.8, 4) is 0 Å². The fraction of sp³-hybridized carbons (Fsp3) is 0.600. The number of unbranched alkanes of at least 4 members (excludes halogenated alkanes) is 5. The van der Waals surface area contributed by atoms with Gasteiger partial charge >= 0.3 is 0 Å². The Hall–Kier alpha value is -1.58. The molecule has 0 bridgehead atoms. The molecule has 19 heavy (non-hydrogen) atoms. The van der Waals surface area contributed by atoms with Crippen LogP contribution in [0.25, 0.3) is 0 Å².